The Balaban J connectivity index is 1.77. The predicted octanol–water partition coefficient (Wildman–Crippen LogP) is 3.85. The number of hydrogen-bond donors (Lipinski definition) is 0. The lowest BCUT2D eigenvalue weighted by Crippen LogP contribution is -1.97. The van der Waals surface area contributed by atoms with Gasteiger partial charge >= 0.3 is 0 Å². The molecule has 0 aliphatic carbocycles. The van der Waals surface area contributed by atoms with Crippen molar-refractivity contribution in [1.29, 1.82) is 0 Å². The molecule has 0 amide bonds. The molecule has 0 aromatic carbocycles. The van der Waals surface area contributed by atoms with Crippen molar-refractivity contribution < 1.29 is 17.9 Å². The molecular weight excluding hydrogens is 368 g/mol. The minimum Gasteiger partial charge on any atom is -0.481 e. The molecule has 0 atom stereocenters. The summed E-state index contributed by atoms with van der Waals surface area (Å²) in [7, 11) is 1.48. The highest BCUT2D eigenvalue weighted by Gasteiger charge is 2.18. The fourth-order valence-electron chi connectivity index (χ4n) is 2.60. The lowest BCUT2D eigenvalue weighted by Gasteiger charge is -2.08. The van der Waals surface area contributed by atoms with Crippen molar-refractivity contribution in [2.75, 3.05) is 7.11 Å². The zero-order chi connectivity index (χ0) is 19.7. The Hall–Kier alpha value is -3.75. The third-order valence-corrected chi connectivity index (χ3v) is 3.97. The summed E-state index contributed by atoms with van der Waals surface area (Å²) in [5.41, 5.74) is 1.64. The quantitative estimate of drug-likeness (QED) is 0.531. The zero-order valence-corrected chi connectivity index (χ0v) is 14.8. The van der Waals surface area contributed by atoms with Crippen molar-refractivity contribution in [3.63, 3.8) is 0 Å². The molecular formula is C19H13F2N5O2. The standard InChI is InChI=1S/C19H13F2N5O2/c1-10-17(21)13(11-5-6-22-16(7-11)27-2)8-15(24-10)19-26-25-18(28-19)14-4-3-12(20)9-23-14/h3-9H,1-2H3. The number of aryl methyl sites for hydroxylation is 1. The summed E-state index contributed by atoms with van der Waals surface area (Å²) in [4.78, 5) is 12.1. The fourth-order valence-corrected chi connectivity index (χ4v) is 2.60. The van der Waals surface area contributed by atoms with Crippen molar-refractivity contribution in [2.24, 2.45) is 0 Å². The van der Waals surface area contributed by atoms with Crippen LogP contribution in [-0.2, 0) is 0 Å². The maximum Gasteiger partial charge on any atom is 0.266 e. The van der Waals surface area contributed by atoms with Crippen LogP contribution < -0.4 is 4.74 Å². The molecule has 0 fully saturated rings. The normalized spacial score (nSPS) is 10.9. The Morgan fingerprint density at radius 3 is 2.46 bits per heavy atom. The molecule has 0 spiro atoms. The number of rotatable bonds is 4. The Morgan fingerprint density at radius 2 is 1.75 bits per heavy atom. The van der Waals surface area contributed by atoms with Crippen molar-refractivity contribution in [3.05, 3.63) is 60.1 Å². The maximum absolute atomic E-state index is 14.7. The van der Waals surface area contributed by atoms with Crippen LogP contribution in [0.2, 0.25) is 0 Å². The molecule has 0 saturated heterocycles. The Bertz CT molecular complexity index is 1150. The SMILES string of the molecule is COc1cc(-c2cc(-c3nnc(-c4ccc(F)cn4)o3)nc(C)c2F)ccn1. The maximum atomic E-state index is 14.7. The van der Waals surface area contributed by atoms with E-state index < -0.39 is 11.6 Å². The van der Waals surface area contributed by atoms with Crippen LogP contribution in [0.3, 0.4) is 0 Å². The number of hydrogen-bond acceptors (Lipinski definition) is 7. The molecule has 4 heterocycles. The minimum absolute atomic E-state index is 0.0893. The van der Waals surface area contributed by atoms with Gasteiger partial charge in [0.15, 0.2) is 5.82 Å². The van der Waals surface area contributed by atoms with Crippen LogP contribution in [0.15, 0.2) is 47.1 Å². The van der Waals surface area contributed by atoms with Gasteiger partial charge in [-0.15, -0.1) is 10.2 Å². The number of pyridine rings is 3. The number of methoxy groups -OCH3 is 1. The van der Waals surface area contributed by atoms with E-state index in [1.165, 1.54) is 31.5 Å². The third-order valence-electron chi connectivity index (χ3n) is 3.97. The smallest absolute Gasteiger partial charge is 0.266 e. The summed E-state index contributed by atoms with van der Waals surface area (Å²) >= 11 is 0. The van der Waals surface area contributed by atoms with Crippen LogP contribution >= 0.6 is 0 Å². The third kappa shape index (κ3) is 3.29. The topological polar surface area (TPSA) is 86.8 Å². The van der Waals surface area contributed by atoms with Gasteiger partial charge in [-0.05, 0) is 36.8 Å². The summed E-state index contributed by atoms with van der Waals surface area (Å²) < 4.78 is 38.4. The van der Waals surface area contributed by atoms with Crippen molar-refractivity contribution >= 4 is 0 Å². The molecule has 4 aromatic heterocycles. The molecule has 4 rings (SSSR count). The highest BCUT2D eigenvalue weighted by Crippen LogP contribution is 2.30. The first kappa shape index (κ1) is 17.7. The first-order chi connectivity index (χ1) is 13.5. The number of aromatic nitrogens is 5. The molecule has 0 saturated carbocycles. The molecule has 28 heavy (non-hydrogen) atoms. The molecule has 4 aromatic rings. The van der Waals surface area contributed by atoms with E-state index in [9.17, 15) is 8.78 Å². The van der Waals surface area contributed by atoms with Crippen LogP contribution in [-0.4, -0.2) is 32.3 Å². The van der Waals surface area contributed by atoms with E-state index >= 15 is 0 Å². The second-order valence-corrected chi connectivity index (χ2v) is 5.82. The first-order valence-electron chi connectivity index (χ1n) is 8.18. The molecule has 0 N–H and O–H groups in total. The summed E-state index contributed by atoms with van der Waals surface area (Å²) in [6.07, 6.45) is 2.57. The number of nitrogens with zero attached hydrogens (tertiary/aromatic N) is 5. The van der Waals surface area contributed by atoms with Crippen molar-refractivity contribution in [3.8, 4) is 40.2 Å². The van der Waals surface area contributed by atoms with Gasteiger partial charge in [0.2, 0.25) is 5.88 Å². The van der Waals surface area contributed by atoms with Crippen LogP contribution in [0.25, 0.3) is 34.3 Å². The summed E-state index contributed by atoms with van der Waals surface area (Å²) in [5.74, 6) is -0.401. The van der Waals surface area contributed by atoms with Crippen LogP contribution in [0.4, 0.5) is 8.78 Å². The van der Waals surface area contributed by atoms with Crippen LogP contribution in [0, 0.1) is 18.6 Å². The lowest BCUT2D eigenvalue weighted by atomic mass is 10.1. The lowest BCUT2D eigenvalue weighted by molar-refractivity contribution is 0.398. The first-order valence-corrected chi connectivity index (χ1v) is 8.18. The van der Waals surface area contributed by atoms with Gasteiger partial charge in [-0.1, -0.05) is 0 Å². The van der Waals surface area contributed by atoms with E-state index in [4.69, 9.17) is 9.15 Å². The molecule has 0 bridgehead atoms. The second kappa shape index (κ2) is 7.10. The average molecular weight is 381 g/mol. The predicted molar refractivity (Wildman–Crippen MR) is 95.2 cm³/mol. The largest absolute Gasteiger partial charge is 0.481 e. The van der Waals surface area contributed by atoms with E-state index in [0.29, 0.717) is 28.4 Å². The summed E-state index contributed by atoms with van der Waals surface area (Å²) in [6, 6.07) is 7.44. The van der Waals surface area contributed by atoms with Gasteiger partial charge in [0, 0.05) is 17.8 Å². The highest BCUT2D eigenvalue weighted by atomic mass is 19.1. The van der Waals surface area contributed by atoms with Crippen molar-refractivity contribution in [1.82, 2.24) is 25.1 Å². The molecule has 140 valence electrons. The van der Waals surface area contributed by atoms with E-state index in [0.717, 1.165) is 6.20 Å². The van der Waals surface area contributed by atoms with E-state index in [1.807, 2.05) is 0 Å². The summed E-state index contributed by atoms with van der Waals surface area (Å²) in [5, 5.41) is 7.86. The molecule has 0 unspecified atom stereocenters. The van der Waals surface area contributed by atoms with Gasteiger partial charge in [0.25, 0.3) is 11.8 Å². The van der Waals surface area contributed by atoms with Crippen molar-refractivity contribution in [2.45, 2.75) is 6.92 Å². The summed E-state index contributed by atoms with van der Waals surface area (Å²) in [6.45, 7) is 1.54. The average Bonchev–Trinajstić information content (AvgIpc) is 3.21. The monoisotopic (exact) mass is 381 g/mol. The zero-order valence-electron chi connectivity index (χ0n) is 14.8. The van der Waals surface area contributed by atoms with E-state index in [-0.39, 0.29) is 17.5 Å². The molecule has 9 heteroatoms. The van der Waals surface area contributed by atoms with Gasteiger partial charge in [0.05, 0.1) is 19.0 Å². The van der Waals surface area contributed by atoms with Crippen LogP contribution in [0.1, 0.15) is 5.69 Å². The Labute approximate surface area is 158 Å². The Kier molecular flexibility index (Phi) is 4.48. The van der Waals surface area contributed by atoms with Gasteiger partial charge in [0.1, 0.15) is 17.2 Å². The second-order valence-electron chi connectivity index (χ2n) is 5.82. The number of ether oxygens (including phenoxy) is 1. The van der Waals surface area contributed by atoms with Gasteiger partial charge in [-0.2, -0.15) is 0 Å². The van der Waals surface area contributed by atoms with Crippen LogP contribution in [0.5, 0.6) is 5.88 Å². The fraction of sp³-hybridized carbons (Fsp3) is 0.105. The number of halogens is 2. The highest BCUT2D eigenvalue weighted by molar-refractivity contribution is 5.69. The molecule has 0 radical (unpaired) electrons. The molecule has 7 nitrogen and oxygen atoms in total. The van der Waals surface area contributed by atoms with E-state index in [1.54, 1.807) is 19.1 Å². The Morgan fingerprint density at radius 1 is 0.964 bits per heavy atom. The van der Waals surface area contributed by atoms with E-state index in [2.05, 4.69) is 25.1 Å². The molecule has 0 aliphatic heterocycles. The van der Waals surface area contributed by atoms with Gasteiger partial charge < -0.3 is 9.15 Å². The van der Waals surface area contributed by atoms with Gasteiger partial charge in [-0.25, -0.2) is 23.7 Å². The molecule has 0 aliphatic rings. The minimum atomic E-state index is -0.475. The van der Waals surface area contributed by atoms with Gasteiger partial charge in [-0.3, -0.25) is 0 Å².